The minimum atomic E-state index is -0.816. The van der Waals surface area contributed by atoms with E-state index in [1.54, 1.807) is 0 Å². The van der Waals surface area contributed by atoms with Crippen molar-refractivity contribution < 1.29 is 9.90 Å². The van der Waals surface area contributed by atoms with E-state index in [1.165, 1.54) is 0 Å². The normalized spacial score (nSPS) is 10.3. The van der Waals surface area contributed by atoms with Gasteiger partial charge in [-0.05, 0) is 29.2 Å². The topological polar surface area (TPSA) is 37.3 Å². The first-order chi connectivity index (χ1) is 8.66. The number of carboxylic acid groups (broad SMARTS) is 1. The number of hydrogen-bond acceptors (Lipinski definition) is 2. The Kier molecular flexibility index (Phi) is 4.05. The Morgan fingerprint density at radius 2 is 1.78 bits per heavy atom. The average molecular weight is 258 g/mol. The third-order valence-corrected chi connectivity index (χ3v) is 3.23. The SMILES string of the molecule is O=C(O)Cc1cccc(S)c1Cc1ccccc1. The van der Waals surface area contributed by atoms with Gasteiger partial charge >= 0.3 is 5.97 Å². The molecule has 1 N–H and O–H groups in total. The number of carboxylic acids is 1. The summed E-state index contributed by atoms with van der Waals surface area (Å²) >= 11 is 4.43. The van der Waals surface area contributed by atoms with Crippen molar-refractivity contribution in [2.75, 3.05) is 0 Å². The molecule has 0 saturated heterocycles. The van der Waals surface area contributed by atoms with Gasteiger partial charge in [-0.25, -0.2) is 0 Å². The van der Waals surface area contributed by atoms with Gasteiger partial charge in [-0.15, -0.1) is 12.6 Å². The van der Waals surface area contributed by atoms with Crippen molar-refractivity contribution >= 4 is 18.6 Å². The van der Waals surface area contributed by atoms with E-state index < -0.39 is 5.97 Å². The Morgan fingerprint density at radius 1 is 1.06 bits per heavy atom. The summed E-state index contributed by atoms with van der Waals surface area (Å²) in [5.41, 5.74) is 2.99. The van der Waals surface area contributed by atoms with E-state index in [0.717, 1.165) is 21.6 Å². The van der Waals surface area contributed by atoms with Crippen LogP contribution in [0.15, 0.2) is 53.4 Å². The predicted octanol–water partition coefficient (Wildman–Crippen LogP) is 3.19. The largest absolute Gasteiger partial charge is 0.481 e. The fraction of sp³-hybridized carbons (Fsp3) is 0.133. The molecule has 2 rings (SSSR count). The Balaban J connectivity index is 2.34. The van der Waals surface area contributed by atoms with Crippen molar-refractivity contribution in [2.24, 2.45) is 0 Å². The Bertz CT molecular complexity index is 550. The minimum absolute atomic E-state index is 0.0383. The first-order valence-electron chi connectivity index (χ1n) is 5.72. The molecule has 0 aliphatic carbocycles. The molecule has 92 valence electrons. The molecule has 0 saturated carbocycles. The maximum atomic E-state index is 10.9. The summed E-state index contributed by atoms with van der Waals surface area (Å²) in [5, 5.41) is 8.92. The molecule has 0 bridgehead atoms. The lowest BCUT2D eigenvalue weighted by molar-refractivity contribution is -0.136. The maximum absolute atomic E-state index is 10.9. The molecule has 0 spiro atoms. The molecule has 0 atom stereocenters. The lowest BCUT2D eigenvalue weighted by Gasteiger charge is -2.10. The summed E-state index contributed by atoms with van der Waals surface area (Å²) in [4.78, 5) is 11.7. The molecular formula is C15H14O2S. The molecule has 0 heterocycles. The molecule has 0 aliphatic heterocycles. The van der Waals surface area contributed by atoms with Gasteiger partial charge in [0.05, 0.1) is 6.42 Å². The van der Waals surface area contributed by atoms with Crippen LogP contribution in [0, 0.1) is 0 Å². The summed E-state index contributed by atoms with van der Waals surface area (Å²) in [6.07, 6.45) is 0.750. The lowest BCUT2D eigenvalue weighted by Crippen LogP contribution is -2.05. The van der Waals surface area contributed by atoms with Crippen LogP contribution < -0.4 is 0 Å². The first kappa shape index (κ1) is 12.7. The van der Waals surface area contributed by atoms with E-state index in [0.29, 0.717) is 6.42 Å². The molecular weight excluding hydrogens is 244 g/mol. The highest BCUT2D eigenvalue weighted by Gasteiger charge is 2.10. The standard InChI is InChI=1S/C15H14O2S/c16-15(17)10-12-7-4-8-14(18)13(12)9-11-5-2-1-3-6-11/h1-8,18H,9-10H2,(H,16,17). The average Bonchev–Trinajstić information content (AvgIpc) is 2.34. The summed E-state index contributed by atoms with van der Waals surface area (Å²) < 4.78 is 0. The highest BCUT2D eigenvalue weighted by molar-refractivity contribution is 7.80. The molecule has 0 radical (unpaired) electrons. The van der Waals surface area contributed by atoms with Gasteiger partial charge in [-0.2, -0.15) is 0 Å². The first-order valence-corrected chi connectivity index (χ1v) is 6.17. The van der Waals surface area contributed by atoms with Gasteiger partial charge < -0.3 is 5.11 Å². The fourth-order valence-corrected chi connectivity index (χ4v) is 2.26. The molecule has 2 nitrogen and oxygen atoms in total. The van der Waals surface area contributed by atoms with Crippen LogP contribution in [0.2, 0.25) is 0 Å². The monoisotopic (exact) mass is 258 g/mol. The molecule has 0 aliphatic rings. The van der Waals surface area contributed by atoms with Gasteiger partial charge in [-0.3, -0.25) is 4.79 Å². The Morgan fingerprint density at radius 3 is 2.44 bits per heavy atom. The zero-order valence-corrected chi connectivity index (χ0v) is 10.7. The summed E-state index contributed by atoms with van der Waals surface area (Å²) in [7, 11) is 0. The Labute approximate surface area is 112 Å². The molecule has 0 fully saturated rings. The third-order valence-electron chi connectivity index (χ3n) is 2.81. The van der Waals surface area contributed by atoms with Crippen LogP contribution in [-0.4, -0.2) is 11.1 Å². The van der Waals surface area contributed by atoms with Gasteiger partial charge in [-0.1, -0.05) is 42.5 Å². The van der Waals surface area contributed by atoms with Crippen LogP contribution in [0.25, 0.3) is 0 Å². The second-order valence-electron chi connectivity index (χ2n) is 4.15. The number of benzene rings is 2. The number of hydrogen-bond donors (Lipinski definition) is 2. The number of aliphatic carboxylic acids is 1. The van der Waals surface area contributed by atoms with Gasteiger partial charge in [0.2, 0.25) is 0 Å². The summed E-state index contributed by atoms with van der Waals surface area (Å²) in [6.45, 7) is 0. The van der Waals surface area contributed by atoms with Crippen molar-refractivity contribution in [3.8, 4) is 0 Å². The van der Waals surface area contributed by atoms with Crippen molar-refractivity contribution in [1.29, 1.82) is 0 Å². The van der Waals surface area contributed by atoms with Crippen LogP contribution >= 0.6 is 12.6 Å². The maximum Gasteiger partial charge on any atom is 0.307 e. The van der Waals surface area contributed by atoms with Crippen molar-refractivity contribution in [3.05, 3.63) is 65.2 Å². The van der Waals surface area contributed by atoms with Crippen molar-refractivity contribution in [2.45, 2.75) is 17.7 Å². The number of carbonyl (C=O) groups is 1. The molecule has 18 heavy (non-hydrogen) atoms. The van der Waals surface area contributed by atoms with Gasteiger partial charge in [0.1, 0.15) is 0 Å². The molecule has 0 aromatic heterocycles. The smallest absolute Gasteiger partial charge is 0.307 e. The predicted molar refractivity (Wildman–Crippen MR) is 74.3 cm³/mol. The lowest BCUT2D eigenvalue weighted by atomic mass is 9.98. The molecule has 2 aromatic rings. The molecule has 2 aromatic carbocycles. The van der Waals surface area contributed by atoms with Crippen molar-refractivity contribution in [3.63, 3.8) is 0 Å². The highest BCUT2D eigenvalue weighted by atomic mass is 32.1. The van der Waals surface area contributed by atoms with E-state index in [1.807, 2.05) is 48.5 Å². The number of thiol groups is 1. The van der Waals surface area contributed by atoms with Gasteiger partial charge in [0, 0.05) is 4.90 Å². The van der Waals surface area contributed by atoms with E-state index in [4.69, 9.17) is 5.11 Å². The van der Waals surface area contributed by atoms with E-state index in [-0.39, 0.29) is 6.42 Å². The molecule has 3 heteroatoms. The second kappa shape index (κ2) is 5.74. The Hall–Kier alpha value is -1.74. The zero-order chi connectivity index (χ0) is 13.0. The summed E-state index contributed by atoms with van der Waals surface area (Å²) in [6, 6.07) is 15.6. The molecule has 0 unspecified atom stereocenters. The minimum Gasteiger partial charge on any atom is -0.481 e. The van der Waals surface area contributed by atoms with Crippen molar-refractivity contribution in [1.82, 2.24) is 0 Å². The fourth-order valence-electron chi connectivity index (χ4n) is 1.95. The third kappa shape index (κ3) is 3.14. The van der Waals surface area contributed by atoms with Crippen LogP contribution in [-0.2, 0) is 17.6 Å². The van der Waals surface area contributed by atoms with E-state index >= 15 is 0 Å². The highest BCUT2D eigenvalue weighted by Crippen LogP contribution is 2.22. The second-order valence-corrected chi connectivity index (χ2v) is 4.63. The summed E-state index contributed by atoms with van der Waals surface area (Å²) in [5.74, 6) is -0.816. The van der Waals surface area contributed by atoms with Gasteiger partial charge in [0.15, 0.2) is 0 Å². The van der Waals surface area contributed by atoms with Crippen LogP contribution in [0.4, 0.5) is 0 Å². The zero-order valence-electron chi connectivity index (χ0n) is 9.84. The van der Waals surface area contributed by atoms with Crippen LogP contribution in [0.5, 0.6) is 0 Å². The van der Waals surface area contributed by atoms with Crippen LogP contribution in [0.1, 0.15) is 16.7 Å². The van der Waals surface area contributed by atoms with E-state index in [9.17, 15) is 4.79 Å². The van der Waals surface area contributed by atoms with Crippen LogP contribution in [0.3, 0.4) is 0 Å². The van der Waals surface area contributed by atoms with E-state index in [2.05, 4.69) is 12.6 Å². The quantitative estimate of drug-likeness (QED) is 0.826. The number of rotatable bonds is 4. The molecule has 0 amide bonds. The van der Waals surface area contributed by atoms with Gasteiger partial charge in [0.25, 0.3) is 0 Å².